The molecule has 0 unspecified atom stereocenters. The second-order valence-electron chi connectivity index (χ2n) is 5.82. The molecule has 3 heteroatoms. The van der Waals surface area contributed by atoms with E-state index in [0.717, 1.165) is 12.5 Å². The van der Waals surface area contributed by atoms with E-state index >= 15 is 0 Å². The summed E-state index contributed by atoms with van der Waals surface area (Å²) in [5.74, 6) is 0.830. The first-order valence-corrected chi connectivity index (χ1v) is 7.71. The lowest BCUT2D eigenvalue weighted by molar-refractivity contribution is 0.390. The molecule has 0 atom stereocenters. The standard InChI is InChI=1S/C16H25N3/c1-2-11-19(10-1)16-5-3-4-15(12-16)18-13-14-6-8-17-9-7-14/h3-5,12,14,17-18H,1-2,6-11,13H2. The minimum Gasteiger partial charge on any atom is -0.385 e. The van der Waals surface area contributed by atoms with Crippen molar-refractivity contribution in [2.45, 2.75) is 25.7 Å². The average molecular weight is 259 g/mol. The van der Waals surface area contributed by atoms with Crippen molar-refractivity contribution in [3.63, 3.8) is 0 Å². The summed E-state index contributed by atoms with van der Waals surface area (Å²) in [6.45, 7) is 5.92. The zero-order valence-corrected chi connectivity index (χ0v) is 11.7. The molecule has 2 fully saturated rings. The normalized spacial score (nSPS) is 20.7. The van der Waals surface area contributed by atoms with E-state index in [2.05, 4.69) is 39.8 Å². The lowest BCUT2D eigenvalue weighted by atomic mass is 9.98. The molecule has 0 aromatic heterocycles. The lowest BCUT2D eigenvalue weighted by Crippen LogP contribution is -2.31. The van der Waals surface area contributed by atoms with Crippen molar-refractivity contribution in [3.05, 3.63) is 24.3 Å². The Morgan fingerprint density at radius 2 is 1.95 bits per heavy atom. The fourth-order valence-electron chi connectivity index (χ4n) is 3.14. The Balaban J connectivity index is 1.56. The van der Waals surface area contributed by atoms with E-state index < -0.39 is 0 Å². The summed E-state index contributed by atoms with van der Waals surface area (Å²) in [5.41, 5.74) is 2.66. The van der Waals surface area contributed by atoms with Crippen molar-refractivity contribution >= 4 is 11.4 Å². The molecule has 0 saturated carbocycles. The highest BCUT2D eigenvalue weighted by molar-refractivity contribution is 5.58. The maximum absolute atomic E-state index is 3.62. The molecule has 19 heavy (non-hydrogen) atoms. The number of hydrogen-bond donors (Lipinski definition) is 2. The van der Waals surface area contributed by atoms with Crippen molar-refractivity contribution in [2.24, 2.45) is 5.92 Å². The second-order valence-corrected chi connectivity index (χ2v) is 5.82. The van der Waals surface area contributed by atoms with Crippen LogP contribution in [0.1, 0.15) is 25.7 Å². The maximum atomic E-state index is 3.62. The molecule has 2 saturated heterocycles. The minimum absolute atomic E-state index is 0.830. The van der Waals surface area contributed by atoms with E-state index in [1.165, 1.54) is 63.2 Å². The van der Waals surface area contributed by atoms with Crippen molar-refractivity contribution in [1.82, 2.24) is 5.32 Å². The molecule has 3 nitrogen and oxygen atoms in total. The Morgan fingerprint density at radius 1 is 1.16 bits per heavy atom. The van der Waals surface area contributed by atoms with Gasteiger partial charge in [-0.05, 0) is 62.9 Å². The average Bonchev–Trinajstić information content (AvgIpc) is 3.01. The van der Waals surface area contributed by atoms with Crippen molar-refractivity contribution in [2.75, 3.05) is 42.9 Å². The smallest absolute Gasteiger partial charge is 0.0386 e. The molecule has 0 spiro atoms. The van der Waals surface area contributed by atoms with E-state index in [0.29, 0.717) is 0 Å². The van der Waals surface area contributed by atoms with Gasteiger partial charge in [0.2, 0.25) is 0 Å². The summed E-state index contributed by atoms with van der Waals surface area (Å²) in [6.07, 6.45) is 5.29. The molecule has 1 aromatic carbocycles. The Kier molecular flexibility index (Phi) is 4.23. The fraction of sp³-hybridized carbons (Fsp3) is 0.625. The molecule has 104 valence electrons. The molecule has 0 amide bonds. The Morgan fingerprint density at radius 3 is 2.74 bits per heavy atom. The van der Waals surface area contributed by atoms with Crippen LogP contribution in [0.2, 0.25) is 0 Å². The van der Waals surface area contributed by atoms with Crippen LogP contribution in [-0.2, 0) is 0 Å². The first-order valence-electron chi connectivity index (χ1n) is 7.71. The van der Waals surface area contributed by atoms with Gasteiger partial charge in [0.25, 0.3) is 0 Å². The third-order valence-corrected chi connectivity index (χ3v) is 4.37. The first-order chi connectivity index (χ1) is 9.42. The van der Waals surface area contributed by atoms with Crippen LogP contribution in [0.4, 0.5) is 11.4 Å². The van der Waals surface area contributed by atoms with Crippen molar-refractivity contribution in [1.29, 1.82) is 0 Å². The summed E-state index contributed by atoms with van der Waals surface area (Å²) in [6, 6.07) is 8.92. The Labute approximate surface area is 116 Å². The van der Waals surface area contributed by atoms with Crippen LogP contribution in [0.15, 0.2) is 24.3 Å². The third-order valence-electron chi connectivity index (χ3n) is 4.37. The molecule has 2 aliphatic heterocycles. The topological polar surface area (TPSA) is 27.3 Å². The van der Waals surface area contributed by atoms with Gasteiger partial charge in [-0.3, -0.25) is 0 Å². The van der Waals surface area contributed by atoms with Gasteiger partial charge in [-0.1, -0.05) is 6.07 Å². The van der Waals surface area contributed by atoms with Crippen LogP contribution >= 0.6 is 0 Å². The number of anilines is 2. The van der Waals surface area contributed by atoms with Crippen LogP contribution in [0.3, 0.4) is 0 Å². The van der Waals surface area contributed by atoms with Gasteiger partial charge in [-0.25, -0.2) is 0 Å². The van der Waals surface area contributed by atoms with Gasteiger partial charge in [0.05, 0.1) is 0 Å². The summed E-state index contributed by atoms with van der Waals surface area (Å²) < 4.78 is 0. The van der Waals surface area contributed by atoms with Crippen molar-refractivity contribution < 1.29 is 0 Å². The highest BCUT2D eigenvalue weighted by atomic mass is 15.1. The zero-order chi connectivity index (χ0) is 12.9. The molecule has 3 rings (SSSR count). The van der Waals surface area contributed by atoms with Crippen LogP contribution in [0.25, 0.3) is 0 Å². The number of piperidine rings is 1. The van der Waals surface area contributed by atoms with Crippen molar-refractivity contribution in [3.8, 4) is 0 Å². The highest BCUT2D eigenvalue weighted by Crippen LogP contribution is 2.23. The van der Waals surface area contributed by atoms with E-state index in [1.54, 1.807) is 0 Å². The van der Waals surface area contributed by atoms with Crippen LogP contribution < -0.4 is 15.5 Å². The number of nitrogens with zero attached hydrogens (tertiary/aromatic N) is 1. The van der Waals surface area contributed by atoms with Crippen LogP contribution in [-0.4, -0.2) is 32.7 Å². The summed E-state index contributed by atoms with van der Waals surface area (Å²) >= 11 is 0. The summed E-state index contributed by atoms with van der Waals surface area (Å²) in [4.78, 5) is 2.50. The first kappa shape index (κ1) is 12.8. The highest BCUT2D eigenvalue weighted by Gasteiger charge is 2.14. The third kappa shape index (κ3) is 3.41. The molecule has 0 aliphatic carbocycles. The molecule has 2 heterocycles. The maximum Gasteiger partial charge on any atom is 0.0386 e. The van der Waals surface area contributed by atoms with Crippen LogP contribution in [0, 0.1) is 5.92 Å². The van der Waals surface area contributed by atoms with Gasteiger partial charge >= 0.3 is 0 Å². The zero-order valence-electron chi connectivity index (χ0n) is 11.7. The molecule has 0 bridgehead atoms. The van der Waals surface area contributed by atoms with Gasteiger partial charge in [0, 0.05) is 31.0 Å². The van der Waals surface area contributed by atoms with Gasteiger partial charge < -0.3 is 15.5 Å². The Bertz CT molecular complexity index is 393. The molecule has 2 N–H and O–H groups in total. The molecule has 0 radical (unpaired) electrons. The van der Waals surface area contributed by atoms with E-state index in [1.807, 2.05) is 0 Å². The molecular weight excluding hydrogens is 234 g/mol. The fourth-order valence-corrected chi connectivity index (χ4v) is 3.14. The van der Waals surface area contributed by atoms with Gasteiger partial charge in [0.1, 0.15) is 0 Å². The van der Waals surface area contributed by atoms with Gasteiger partial charge in [0.15, 0.2) is 0 Å². The number of hydrogen-bond acceptors (Lipinski definition) is 3. The quantitative estimate of drug-likeness (QED) is 0.870. The second kappa shape index (κ2) is 6.29. The number of rotatable bonds is 4. The summed E-state index contributed by atoms with van der Waals surface area (Å²) in [5, 5.41) is 7.05. The number of nitrogens with one attached hydrogen (secondary N) is 2. The molecule has 2 aliphatic rings. The monoisotopic (exact) mass is 259 g/mol. The molecular formula is C16H25N3. The molecule has 1 aromatic rings. The summed E-state index contributed by atoms with van der Waals surface area (Å²) in [7, 11) is 0. The Hall–Kier alpha value is -1.22. The lowest BCUT2D eigenvalue weighted by Gasteiger charge is -2.24. The largest absolute Gasteiger partial charge is 0.385 e. The predicted molar refractivity (Wildman–Crippen MR) is 82.0 cm³/mol. The van der Waals surface area contributed by atoms with Gasteiger partial charge in [-0.15, -0.1) is 0 Å². The number of benzene rings is 1. The minimum atomic E-state index is 0.830. The SMILES string of the molecule is c1cc(NCC2CCNCC2)cc(N2CCCC2)c1. The van der Waals surface area contributed by atoms with E-state index in [-0.39, 0.29) is 0 Å². The van der Waals surface area contributed by atoms with Crippen LogP contribution in [0.5, 0.6) is 0 Å². The predicted octanol–water partition coefficient (Wildman–Crippen LogP) is 2.70. The van der Waals surface area contributed by atoms with E-state index in [9.17, 15) is 0 Å². The van der Waals surface area contributed by atoms with E-state index in [4.69, 9.17) is 0 Å². The van der Waals surface area contributed by atoms with Gasteiger partial charge in [-0.2, -0.15) is 0 Å².